The minimum atomic E-state index is -5.84. The summed E-state index contributed by atoms with van der Waals surface area (Å²) in [4.78, 5) is 50.2. The molecule has 2 bridgehead atoms. The van der Waals surface area contributed by atoms with E-state index < -0.39 is 100 Å². The summed E-state index contributed by atoms with van der Waals surface area (Å²) < 4.78 is 88.7. The second kappa shape index (κ2) is 10.4. The molecule has 16 heteroatoms. The summed E-state index contributed by atoms with van der Waals surface area (Å²) in [6.45, 7) is 4.58. The quantitative estimate of drug-likeness (QED) is 0.215. The largest absolute Gasteiger partial charge is 0.458 e. The first-order chi connectivity index (χ1) is 18.4. The Morgan fingerprint density at radius 2 is 1.68 bits per heavy atom. The number of hydrogen-bond acceptors (Lipinski definition) is 12. The van der Waals surface area contributed by atoms with Crippen LogP contribution in [0.5, 0.6) is 0 Å². The van der Waals surface area contributed by atoms with Gasteiger partial charge in [0.1, 0.15) is 42.9 Å². The molecule has 0 aromatic rings. The molecule has 226 valence electrons. The van der Waals surface area contributed by atoms with E-state index in [-0.39, 0.29) is 5.41 Å². The molecule has 1 saturated carbocycles. The van der Waals surface area contributed by atoms with Crippen molar-refractivity contribution in [3.8, 4) is 0 Å². The number of fused-ring (bicyclic) bond motifs is 1. The van der Waals surface area contributed by atoms with Gasteiger partial charge in [-0.05, 0) is 32.6 Å². The van der Waals surface area contributed by atoms with Gasteiger partial charge in [0.05, 0.1) is 0 Å². The van der Waals surface area contributed by atoms with Gasteiger partial charge in [-0.25, -0.2) is 9.59 Å². The lowest BCUT2D eigenvalue weighted by atomic mass is 9.74. The molecule has 3 saturated heterocycles. The number of halogens is 2. The van der Waals surface area contributed by atoms with Gasteiger partial charge in [-0.2, -0.15) is 17.2 Å². The average molecular weight is 599 g/mol. The van der Waals surface area contributed by atoms with E-state index in [0.29, 0.717) is 19.8 Å². The molecule has 0 aromatic carbocycles. The molecule has 1 N–H and O–H groups in total. The molecular formula is C24H32F2O13S. The first kappa shape index (κ1) is 30.5. The van der Waals surface area contributed by atoms with Crippen molar-refractivity contribution in [1.82, 2.24) is 0 Å². The van der Waals surface area contributed by atoms with Gasteiger partial charge in [-0.1, -0.05) is 20.8 Å². The Morgan fingerprint density at radius 1 is 1.07 bits per heavy atom. The minimum Gasteiger partial charge on any atom is -0.458 e. The van der Waals surface area contributed by atoms with Crippen molar-refractivity contribution in [3.05, 3.63) is 0 Å². The van der Waals surface area contributed by atoms with Crippen LogP contribution >= 0.6 is 0 Å². The third-order valence-electron chi connectivity index (χ3n) is 8.08. The van der Waals surface area contributed by atoms with Crippen molar-refractivity contribution in [1.29, 1.82) is 0 Å². The van der Waals surface area contributed by atoms with Crippen LogP contribution in [0.25, 0.3) is 0 Å². The van der Waals surface area contributed by atoms with E-state index in [1.165, 1.54) is 0 Å². The molecule has 7 unspecified atom stereocenters. The van der Waals surface area contributed by atoms with E-state index in [1.54, 1.807) is 0 Å². The molecule has 0 amide bonds. The van der Waals surface area contributed by atoms with Crippen molar-refractivity contribution in [2.24, 2.45) is 17.3 Å². The van der Waals surface area contributed by atoms with Crippen LogP contribution in [0.3, 0.4) is 0 Å². The van der Waals surface area contributed by atoms with Crippen molar-refractivity contribution in [2.45, 2.75) is 94.8 Å². The molecule has 4 aliphatic rings. The molecule has 7 atom stereocenters. The third kappa shape index (κ3) is 5.30. The van der Waals surface area contributed by atoms with Crippen LogP contribution in [0.1, 0.15) is 53.4 Å². The lowest BCUT2D eigenvalue weighted by molar-refractivity contribution is -0.185. The van der Waals surface area contributed by atoms with Crippen molar-refractivity contribution in [2.75, 3.05) is 13.2 Å². The molecule has 40 heavy (non-hydrogen) atoms. The zero-order valence-corrected chi connectivity index (χ0v) is 23.1. The van der Waals surface area contributed by atoms with Gasteiger partial charge in [-0.3, -0.25) is 14.1 Å². The molecule has 0 spiro atoms. The van der Waals surface area contributed by atoms with Crippen LogP contribution in [-0.2, 0) is 57.7 Å². The fourth-order valence-corrected chi connectivity index (χ4v) is 6.33. The van der Waals surface area contributed by atoms with Gasteiger partial charge in [-0.15, -0.1) is 0 Å². The Labute approximate surface area is 228 Å². The second-order valence-electron chi connectivity index (χ2n) is 11.5. The maximum Gasteiger partial charge on any atom is 0.405 e. The number of hydrogen-bond donors (Lipinski definition) is 1. The van der Waals surface area contributed by atoms with Gasteiger partial charge < -0.3 is 28.4 Å². The highest BCUT2D eigenvalue weighted by Gasteiger charge is 2.72. The molecular weight excluding hydrogens is 566 g/mol. The van der Waals surface area contributed by atoms with Crippen LogP contribution in [0.15, 0.2) is 0 Å². The smallest absolute Gasteiger partial charge is 0.405 e. The zero-order valence-electron chi connectivity index (χ0n) is 22.3. The normalized spacial score (nSPS) is 31.5. The standard InChI is InChI=1S/C24H32F2O13S/c1-11(24(25,26)40(31,32)33)35-12(27)9-34-10-13(28)36-18-17-15(14-16(37-17)19(18)38-20(14)29)21(30)39-23(22(2,3)4)7-5-6-8-23/h11,14-19H,5-10H2,1-4H3,(H,31,32,33). The fourth-order valence-electron chi connectivity index (χ4n) is 5.86. The minimum absolute atomic E-state index is 0.360. The summed E-state index contributed by atoms with van der Waals surface area (Å²) >= 11 is 0. The Bertz CT molecular complexity index is 1160. The highest BCUT2D eigenvalue weighted by atomic mass is 32.2. The van der Waals surface area contributed by atoms with Crippen molar-refractivity contribution >= 4 is 34.0 Å². The van der Waals surface area contributed by atoms with E-state index in [2.05, 4.69) is 4.74 Å². The maximum atomic E-state index is 13.5. The SMILES string of the molecule is CC(OC(=O)COCC(=O)OC1C2OC(=O)C3C2OC1C3C(=O)OC1(C(C)(C)C)CCCC1)C(F)(F)S(=O)(=O)O. The van der Waals surface area contributed by atoms with Crippen LogP contribution in [0.2, 0.25) is 0 Å². The van der Waals surface area contributed by atoms with Crippen LogP contribution in [-0.4, -0.2) is 91.4 Å². The predicted octanol–water partition coefficient (Wildman–Crippen LogP) is 1.17. The highest BCUT2D eigenvalue weighted by Crippen LogP contribution is 2.53. The summed E-state index contributed by atoms with van der Waals surface area (Å²) in [6.07, 6.45) is -3.36. The zero-order chi connectivity index (χ0) is 29.8. The first-order valence-electron chi connectivity index (χ1n) is 12.8. The lowest BCUT2D eigenvalue weighted by Gasteiger charge is -2.42. The van der Waals surface area contributed by atoms with E-state index in [4.69, 9.17) is 28.2 Å². The Morgan fingerprint density at radius 3 is 2.25 bits per heavy atom. The molecule has 1 aliphatic carbocycles. The maximum absolute atomic E-state index is 13.5. The fraction of sp³-hybridized carbons (Fsp3) is 0.833. The summed E-state index contributed by atoms with van der Waals surface area (Å²) in [7, 11) is -5.84. The van der Waals surface area contributed by atoms with Gasteiger partial charge in [0, 0.05) is 5.41 Å². The number of rotatable bonds is 10. The predicted molar refractivity (Wildman–Crippen MR) is 125 cm³/mol. The molecule has 0 radical (unpaired) electrons. The lowest BCUT2D eigenvalue weighted by Crippen LogP contribution is -2.51. The number of carbonyl (C=O) groups excluding carboxylic acids is 4. The van der Waals surface area contributed by atoms with Gasteiger partial charge in [0.2, 0.25) is 0 Å². The van der Waals surface area contributed by atoms with Crippen LogP contribution < -0.4 is 0 Å². The number of carbonyl (C=O) groups is 4. The van der Waals surface area contributed by atoms with Gasteiger partial charge in [0.15, 0.2) is 18.3 Å². The first-order valence-corrected chi connectivity index (χ1v) is 14.2. The number of ether oxygens (including phenoxy) is 6. The third-order valence-corrected chi connectivity index (χ3v) is 9.10. The second-order valence-corrected chi connectivity index (χ2v) is 13.0. The summed E-state index contributed by atoms with van der Waals surface area (Å²) in [5.41, 5.74) is -1.08. The van der Waals surface area contributed by atoms with Crippen LogP contribution in [0, 0.1) is 17.3 Å². The van der Waals surface area contributed by atoms with Crippen LogP contribution in [0.4, 0.5) is 8.78 Å². The van der Waals surface area contributed by atoms with Gasteiger partial charge >= 0.3 is 39.2 Å². The highest BCUT2D eigenvalue weighted by molar-refractivity contribution is 7.86. The van der Waals surface area contributed by atoms with Crippen molar-refractivity contribution in [3.63, 3.8) is 0 Å². The molecule has 13 nitrogen and oxygen atoms in total. The summed E-state index contributed by atoms with van der Waals surface area (Å²) in [5, 5.41) is -4.76. The summed E-state index contributed by atoms with van der Waals surface area (Å²) in [5.74, 6) is -5.74. The Hall–Kier alpha value is -2.43. The van der Waals surface area contributed by atoms with E-state index in [0.717, 1.165) is 12.8 Å². The molecule has 0 aromatic heterocycles. The molecule has 3 heterocycles. The van der Waals surface area contributed by atoms with E-state index in [9.17, 15) is 36.4 Å². The van der Waals surface area contributed by atoms with Crippen molar-refractivity contribution < 1.29 is 69.4 Å². The number of esters is 4. The summed E-state index contributed by atoms with van der Waals surface area (Å²) in [6, 6.07) is 0. The van der Waals surface area contributed by atoms with E-state index in [1.807, 2.05) is 20.8 Å². The molecule has 4 rings (SSSR count). The molecule has 4 fully saturated rings. The topological polar surface area (TPSA) is 178 Å². The van der Waals surface area contributed by atoms with Gasteiger partial charge in [0.25, 0.3) is 0 Å². The monoisotopic (exact) mass is 598 g/mol. The number of alkyl halides is 2. The molecule has 3 aliphatic heterocycles. The van der Waals surface area contributed by atoms with E-state index >= 15 is 0 Å². The average Bonchev–Trinajstić information content (AvgIpc) is 3.56. The Kier molecular flexibility index (Phi) is 7.97. The Balaban J connectivity index is 1.34.